The molecule has 0 saturated heterocycles. The Kier molecular flexibility index (Phi) is 5.06. The van der Waals surface area contributed by atoms with Gasteiger partial charge in [0, 0.05) is 30.1 Å². The molecule has 1 aliphatic rings. The number of likely N-dealkylation sites (N-methyl/N-ethyl adjacent to an activating group) is 1. The second kappa shape index (κ2) is 7.25. The Morgan fingerprint density at radius 3 is 2.72 bits per heavy atom. The van der Waals surface area contributed by atoms with Crippen LogP contribution in [0.25, 0.3) is 5.57 Å². The summed E-state index contributed by atoms with van der Waals surface area (Å²) < 4.78 is 0.826. The van der Waals surface area contributed by atoms with E-state index in [0.29, 0.717) is 6.54 Å². The van der Waals surface area contributed by atoms with Crippen molar-refractivity contribution in [3.8, 4) is 0 Å². The van der Waals surface area contributed by atoms with Gasteiger partial charge < -0.3 is 4.90 Å². The Morgan fingerprint density at radius 1 is 1.24 bits per heavy atom. The second-order valence-corrected chi connectivity index (χ2v) is 6.56. The van der Waals surface area contributed by atoms with Crippen molar-refractivity contribution >= 4 is 27.2 Å². The molecule has 5 heteroatoms. The van der Waals surface area contributed by atoms with Gasteiger partial charge in [0.15, 0.2) is 0 Å². The van der Waals surface area contributed by atoms with E-state index in [0.717, 1.165) is 38.4 Å². The number of hydroxylamine groups is 2. The van der Waals surface area contributed by atoms with E-state index in [1.807, 2.05) is 37.4 Å². The number of aromatic nitrogens is 1. The molecule has 3 rings (SSSR count). The molecule has 0 radical (unpaired) electrons. The van der Waals surface area contributed by atoms with Crippen LogP contribution in [0, 0.1) is 0 Å². The maximum Gasteiger partial charge on any atom is 0.106 e. The van der Waals surface area contributed by atoms with Crippen LogP contribution in [0.15, 0.2) is 77.7 Å². The lowest BCUT2D eigenvalue weighted by atomic mass is 9.93. The number of fused-ring (bicyclic) bond motifs is 1. The normalized spacial score (nSPS) is 13.3. The molecule has 0 N–H and O–H groups in total. The van der Waals surface area contributed by atoms with Crippen LogP contribution in [0.3, 0.4) is 0 Å². The van der Waals surface area contributed by atoms with Crippen LogP contribution in [-0.2, 0) is 11.4 Å². The number of pyridine rings is 1. The van der Waals surface area contributed by atoms with Gasteiger partial charge in [-0.1, -0.05) is 37.4 Å². The molecule has 0 bridgehead atoms. The van der Waals surface area contributed by atoms with E-state index in [1.165, 1.54) is 0 Å². The molecule has 1 aromatic heterocycles. The fourth-order valence-corrected chi connectivity index (χ4v) is 3.18. The van der Waals surface area contributed by atoms with Crippen LogP contribution in [0.1, 0.15) is 11.3 Å². The minimum atomic E-state index is 0.650. The van der Waals surface area contributed by atoms with Crippen LogP contribution >= 0.6 is 15.9 Å². The molecule has 2 aromatic rings. The highest BCUT2D eigenvalue weighted by Gasteiger charge is 2.24. The molecule has 0 spiro atoms. The number of hydrogen-bond acceptors (Lipinski definition) is 4. The quantitative estimate of drug-likeness (QED) is 0.536. The van der Waals surface area contributed by atoms with Gasteiger partial charge in [0.25, 0.3) is 0 Å². The average molecular weight is 398 g/mol. The summed E-state index contributed by atoms with van der Waals surface area (Å²) in [6.45, 7) is 9.07. The lowest BCUT2D eigenvalue weighted by Crippen LogP contribution is -2.25. The van der Waals surface area contributed by atoms with Crippen molar-refractivity contribution in [1.82, 2.24) is 10.0 Å². The number of halogens is 1. The van der Waals surface area contributed by atoms with Gasteiger partial charge in [0.2, 0.25) is 0 Å². The standard InChI is InChI=1S/C20H20BrN3O/c1-14-17-9-5-6-10-19(17)24(12-16-8-7-11-20(21)22-16)13-18(14)15(2)23(3)25-4/h5-11,13H,1-2,12H2,3-4H3. The van der Waals surface area contributed by atoms with Crippen LogP contribution in [-0.4, -0.2) is 24.2 Å². The maximum atomic E-state index is 5.29. The fourth-order valence-electron chi connectivity index (χ4n) is 2.80. The summed E-state index contributed by atoms with van der Waals surface area (Å²) >= 11 is 3.44. The summed E-state index contributed by atoms with van der Waals surface area (Å²) in [5.41, 5.74) is 5.79. The van der Waals surface area contributed by atoms with Gasteiger partial charge in [-0.25, -0.2) is 4.98 Å². The van der Waals surface area contributed by atoms with Gasteiger partial charge in [-0.15, -0.1) is 0 Å². The highest BCUT2D eigenvalue weighted by atomic mass is 79.9. The zero-order chi connectivity index (χ0) is 18.0. The topological polar surface area (TPSA) is 28.6 Å². The highest BCUT2D eigenvalue weighted by molar-refractivity contribution is 9.10. The molecule has 0 aliphatic carbocycles. The van der Waals surface area contributed by atoms with Gasteiger partial charge in [-0.2, -0.15) is 0 Å². The first-order valence-corrected chi connectivity index (χ1v) is 8.66. The Balaban J connectivity index is 2.02. The molecular weight excluding hydrogens is 378 g/mol. The van der Waals surface area contributed by atoms with Crippen molar-refractivity contribution in [2.75, 3.05) is 19.1 Å². The van der Waals surface area contributed by atoms with E-state index >= 15 is 0 Å². The third kappa shape index (κ3) is 3.52. The van der Waals surface area contributed by atoms with Crippen molar-refractivity contribution in [2.45, 2.75) is 6.54 Å². The maximum absolute atomic E-state index is 5.29. The Labute approximate surface area is 156 Å². The number of anilines is 1. The van der Waals surface area contributed by atoms with E-state index in [9.17, 15) is 0 Å². The molecule has 2 heterocycles. The van der Waals surface area contributed by atoms with Crippen molar-refractivity contribution < 1.29 is 4.84 Å². The molecule has 1 aliphatic heterocycles. The van der Waals surface area contributed by atoms with Crippen molar-refractivity contribution in [2.24, 2.45) is 0 Å². The van der Waals surface area contributed by atoms with Crippen molar-refractivity contribution in [1.29, 1.82) is 0 Å². The smallest absolute Gasteiger partial charge is 0.106 e. The molecule has 0 saturated carbocycles. The van der Waals surface area contributed by atoms with Crippen molar-refractivity contribution in [3.63, 3.8) is 0 Å². The van der Waals surface area contributed by atoms with E-state index in [2.05, 4.69) is 57.3 Å². The van der Waals surface area contributed by atoms with Gasteiger partial charge in [0.1, 0.15) is 4.60 Å². The Morgan fingerprint density at radius 2 is 2.00 bits per heavy atom. The minimum Gasteiger partial charge on any atom is -0.341 e. The van der Waals surface area contributed by atoms with Crippen LogP contribution < -0.4 is 4.90 Å². The fraction of sp³-hybridized carbons (Fsp3) is 0.150. The lowest BCUT2D eigenvalue weighted by Gasteiger charge is -2.32. The molecule has 0 unspecified atom stereocenters. The van der Waals surface area contributed by atoms with Gasteiger partial charge in [-0.05, 0) is 39.7 Å². The molecule has 1 aromatic carbocycles. The summed E-state index contributed by atoms with van der Waals surface area (Å²) in [5, 5.41) is 1.64. The number of nitrogens with zero attached hydrogens (tertiary/aromatic N) is 3. The van der Waals surface area contributed by atoms with Gasteiger partial charge in [0.05, 0.1) is 25.0 Å². The molecule has 0 fully saturated rings. The summed E-state index contributed by atoms with van der Waals surface area (Å²) in [6, 6.07) is 14.1. The Bertz CT molecular complexity index is 860. The Hall–Kier alpha value is -2.37. The van der Waals surface area contributed by atoms with Crippen LogP contribution in [0.2, 0.25) is 0 Å². The van der Waals surface area contributed by atoms with Gasteiger partial charge in [-0.3, -0.25) is 9.90 Å². The number of allylic oxidation sites excluding steroid dienone is 1. The summed E-state index contributed by atoms with van der Waals surface area (Å²) in [7, 11) is 3.45. The molecule has 4 nitrogen and oxygen atoms in total. The first kappa shape index (κ1) is 17.5. The SMILES string of the molecule is C=C1C(C(=C)N(C)OC)=CN(Cc2cccc(Br)n2)c2ccccc21. The van der Waals surface area contributed by atoms with E-state index in [-0.39, 0.29) is 0 Å². The van der Waals surface area contributed by atoms with Crippen LogP contribution in [0.5, 0.6) is 0 Å². The van der Waals surface area contributed by atoms with Crippen molar-refractivity contribution in [3.05, 3.63) is 89.0 Å². The molecule has 0 atom stereocenters. The van der Waals surface area contributed by atoms with E-state index in [1.54, 1.807) is 12.2 Å². The molecule has 25 heavy (non-hydrogen) atoms. The molecular formula is C20H20BrN3O. The first-order valence-electron chi connectivity index (χ1n) is 7.87. The first-order chi connectivity index (χ1) is 12.0. The minimum absolute atomic E-state index is 0.650. The zero-order valence-corrected chi connectivity index (χ0v) is 16.0. The summed E-state index contributed by atoms with van der Waals surface area (Å²) in [5.74, 6) is 0. The number of benzene rings is 1. The zero-order valence-electron chi connectivity index (χ0n) is 14.4. The number of hydrogen-bond donors (Lipinski definition) is 0. The molecule has 128 valence electrons. The van der Waals surface area contributed by atoms with Gasteiger partial charge >= 0.3 is 0 Å². The number of rotatable bonds is 5. The average Bonchev–Trinajstić information content (AvgIpc) is 2.63. The third-order valence-corrected chi connectivity index (χ3v) is 4.66. The third-order valence-electron chi connectivity index (χ3n) is 4.22. The highest BCUT2D eigenvalue weighted by Crippen LogP contribution is 2.39. The lowest BCUT2D eigenvalue weighted by molar-refractivity contribution is -0.0739. The predicted molar refractivity (Wildman–Crippen MR) is 106 cm³/mol. The summed E-state index contributed by atoms with van der Waals surface area (Å²) in [6.07, 6.45) is 2.06. The summed E-state index contributed by atoms with van der Waals surface area (Å²) in [4.78, 5) is 12.0. The number of para-hydroxylation sites is 1. The largest absolute Gasteiger partial charge is 0.341 e. The second-order valence-electron chi connectivity index (χ2n) is 5.74. The predicted octanol–water partition coefficient (Wildman–Crippen LogP) is 4.77. The van der Waals surface area contributed by atoms with Crippen LogP contribution in [0.4, 0.5) is 5.69 Å². The monoisotopic (exact) mass is 397 g/mol. The van der Waals surface area contributed by atoms with E-state index < -0.39 is 0 Å². The molecule has 0 amide bonds. The van der Waals surface area contributed by atoms with E-state index in [4.69, 9.17) is 4.84 Å².